The summed E-state index contributed by atoms with van der Waals surface area (Å²) in [4.78, 5) is 26.0. The Kier molecular flexibility index (Phi) is 6.27. The molecule has 0 aromatic heterocycles. The van der Waals surface area contributed by atoms with Crippen LogP contribution in [0.3, 0.4) is 0 Å². The Morgan fingerprint density at radius 1 is 1.15 bits per heavy atom. The number of amides is 2. The third-order valence-electron chi connectivity index (χ3n) is 4.22. The number of hydrogen-bond acceptors (Lipinski definition) is 5. The number of nitrogens with zero attached hydrogens (tertiary/aromatic N) is 1. The largest absolute Gasteiger partial charge is 0.508 e. The van der Waals surface area contributed by atoms with Gasteiger partial charge in [0.15, 0.2) is 0 Å². The molecule has 0 radical (unpaired) electrons. The molecule has 2 amide bonds. The first-order valence-corrected chi connectivity index (χ1v) is 8.76. The summed E-state index contributed by atoms with van der Waals surface area (Å²) in [7, 11) is 0. The molecule has 1 heterocycles. The van der Waals surface area contributed by atoms with Crippen LogP contribution in [0, 0.1) is 0 Å². The number of hydrogen-bond donors (Lipinski definition) is 2. The lowest BCUT2D eigenvalue weighted by atomic mass is 10.2. The first kappa shape index (κ1) is 18.7. The van der Waals surface area contributed by atoms with Crippen molar-refractivity contribution in [3.05, 3.63) is 65.7 Å². The van der Waals surface area contributed by atoms with E-state index >= 15 is 0 Å². The van der Waals surface area contributed by atoms with E-state index in [9.17, 15) is 14.7 Å². The molecule has 142 valence electrons. The molecule has 1 fully saturated rings. The van der Waals surface area contributed by atoms with Crippen molar-refractivity contribution in [3.63, 3.8) is 0 Å². The van der Waals surface area contributed by atoms with Crippen molar-refractivity contribution >= 4 is 12.0 Å². The van der Waals surface area contributed by atoms with E-state index in [0.29, 0.717) is 25.3 Å². The van der Waals surface area contributed by atoms with Crippen molar-refractivity contribution in [2.75, 3.05) is 26.2 Å². The van der Waals surface area contributed by atoms with Gasteiger partial charge in [-0.2, -0.15) is 0 Å². The number of morpholine rings is 1. The number of aromatic hydroxyl groups is 1. The van der Waals surface area contributed by atoms with Crippen LogP contribution >= 0.6 is 0 Å². The Bertz CT molecular complexity index is 764. The molecule has 0 unspecified atom stereocenters. The maximum atomic E-state index is 12.2. The summed E-state index contributed by atoms with van der Waals surface area (Å²) in [6.07, 6.45) is -0.693. The number of ether oxygens (including phenoxy) is 2. The van der Waals surface area contributed by atoms with Gasteiger partial charge >= 0.3 is 6.09 Å². The van der Waals surface area contributed by atoms with E-state index in [-0.39, 0.29) is 30.9 Å². The van der Waals surface area contributed by atoms with Gasteiger partial charge in [0, 0.05) is 18.7 Å². The highest BCUT2D eigenvalue weighted by atomic mass is 16.6. The van der Waals surface area contributed by atoms with Crippen LogP contribution in [0.1, 0.15) is 15.9 Å². The molecule has 7 heteroatoms. The summed E-state index contributed by atoms with van der Waals surface area (Å²) in [5, 5.41) is 12.0. The zero-order chi connectivity index (χ0) is 19.1. The highest BCUT2D eigenvalue weighted by Gasteiger charge is 2.25. The fourth-order valence-corrected chi connectivity index (χ4v) is 2.74. The number of carbonyl (C=O) groups excluding carboxylic acids is 2. The molecule has 2 aromatic rings. The van der Waals surface area contributed by atoms with Crippen molar-refractivity contribution in [2.24, 2.45) is 0 Å². The van der Waals surface area contributed by atoms with Crippen LogP contribution < -0.4 is 5.32 Å². The number of phenols is 1. The summed E-state index contributed by atoms with van der Waals surface area (Å²) >= 11 is 0. The maximum absolute atomic E-state index is 12.2. The van der Waals surface area contributed by atoms with Crippen LogP contribution in [-0.4, -0.2) is 54.4 Å². The van der Waals surface area contributed by atoms with Crippen molar-refractivity contribution in [1.29, 1.82) is 0 Å². The lowest BCUT2D eigenvalue weighted by Gasteiger charge is -2.32. The first-order valence-electron chi connectivity index (χ1n) is 8.76. The molecule has 2 N–H and O–H groups in total. The second kappa shape index (κ2) is 9.05. The summed E-state index contributed by atoms with van der Waals surface area (Å²) in [6.45, 7) is 1.70. The number of rotatable bonds is 5. The van der Waals surface area contributed by atoms with Crippen molar-refractivity contribution < 1.29 is 24.2 Å². The Hall–Kier alpha value is -3.06. The van der Waals surface area contributed by atoms with Crippen LogP contribution in [0.2, 0.25) is 0 Å². The van der Waals surface area contributed by atoms with Crippen molar-refractivity contribution in [1.82, 2.24) is 10.2 Å². The minimum atomic E-state index is -0.392. The molecule has 7 nitrogen and oxygen atoms in total. The normalized spacial score (nSPS) is 16.6. The third kappa shape index (κ3) is 5.46. The molecule has 0 spiro atoms. The molecular weight excluding hydrogens is 348 g/mol. The molecule has 0 bridgehead atoms. The number of benzene rings is 2. The zero-order valence-corrected chi connectivity index (χ0v) is 14.8. The van der Waals surface area contributed by atoms with Gasteiger partial charge in [-0.15, -0.1) is 0 Å². The predicted molar refractivity (Wildman–Crippen MR) is 98.4 cm³/mol. The van der Waals surface area contributed by atoms with Crippen LogP contribution in [0.15, 0.2) is 54.6 Å². The summed E-state index contributed by atoms with van der Waals surface area (Å²) in [5.41, 5.74) is 1.37. The number of carbonyl (C=O) groups is 2. The molecule has 0 saturated carbocycles. The number of nitrogens with one attached hydrogen (secondary N) is 1. The van der Waals surface area contributed by atoms with Gasteiger partial charge in [0.05, 0.1) is 19.3 Å². The maximum Gasteiger partial charge on any atom is 0.410 e. The lowest BCUT2D eigenvalue weighted by Crippen LogP contribution is -2.49. The summed E-state index contributed by atoms with van der Waals surface area (Å²) in [5.74, 6) is -0.158. The average molecular weight is 370 g/mol. The van der Waals surface area contributed by atoms with E-state index < -0.39 is 6.09 Å². The monoisotopic (exact) mass is 370 g/mol. The lowest BCUT2D eigenvalue weighted by molar-refractivity contribution is -0.0263. The average Bonchev–Trinajstić information content (AvgIpc) is 2.71. The Morgan fingerprint density at radius 2 is 1.89 bits per heavy atom. The zero-order valence-electron chi connectivity index (χ0n) is 14.8. The quantitative estimate of drug-likeness (QED) is 0.842. The fourth-order valence-electron chi connectivity index (χ4n) is 2.74. The van der Waals surface area contributed by atoms with Gasteiger partial charge in [-0.25, -0.2) is 4.79 Å². The molecule has 3 rings (SSSR count). The van der Waals surface area contributed by atoms with Gasteiger partial charge in [-0.05, 0) is 29.8 Å². The van der Waals surface area contributed by atoms with E-state index in [0.717, 1.165) is 5.56 Å². The minimum absolute atomic E-state index is 0.104. The third-order valence-corrected chi connectivity index (χ3v) is 4.22. The topological polar surface area (TPSA) is 88.1 Å². The van der Waals surface area contributed by atoms with Gasteiger partial charge in [-0.1, -0.05) is 30.3 Å². The number of phenolic OH excluding ortho intramolecular Hbond substituents is 1. The second-order valence-electron chi connectivity index (χ2n) is 6.24. The highest BCUT2D eigenvalue weighted by molar-refractivity contribution is 5.94. The van der Waals surface area contributed by atoms with E-state index in [1.54, 1.807) is 17.0 Å². The fraction of sp³-hybridized carbons (Fsp3) is 0.300. The second-order valence-corrected chi connectivity index (χ2v) is 6.24. The standard InChI is InChI=1S/C20H22N2O5/c23-17-8-6-16(7-9-17)19(24)21-12-18-13-22(10-11-26-18)20(25)27-14-15-4-2-1-3-5-15/h1-9,18,23H,10-14H2,(H,21,24)/t18-/m1/s1. The van der Waals surface area contributed by atoms with Crippen LogP contribution in [0.25, 0.3) is 0 Å². The van der Waals surface area contributed by atoms with Gasteiger partial charge in [0.2, 0.25) is 0 Å². The summed E-state index contributed by atoms with van der Waals surface area (Å²) < 4.78 is 11.0. The molecule has 27 heavy (non-hydrogen) atoms. The summed E-state index contributed by atoms with van der Waals surface area (Å²) in [6, 6.07) is 15.5. The molecular formula is C20H22N2O5. The Labute approximate surface area is 157 Å². The Balaban J connectivity index is 1.45. The molecule has 1 aliphatic rings. The smallest absolute Gasteiger partial charge is 0.410 e. The minimum Gasteiger partial charge on any atom is -0.508 e. The SMILES string of the molecule is O=C(NC[C@@H]1CN(C(=O)OCc2ccccc2)CCO1)c1ccc(O)cc1. The molecule has 1 aliphatic heterocycles. The molecule has 0 aliphatic carbocycles. The molecule has 1 atom stereocenters. The first-order chi connectivity index (χ1) is 13.1. The molecule has 1 saturated heterocycles. The van der Waals surface area contributed by atoms with Crippen LogP contribution in [0.4, 0.5) is 4.79 Å². The van der Waals surface area contributed by atoms with Gasteiger partial charge in [0.25, 0.3) is 5.91 Å². The van der Waals surface area contributed by atoms with E-state index in [1.165, 1.54) is 12.1 Å². The predicted octanol–water partition coefficient (Wildman–Crippen LogP) is 2.16. The van der Waals surface area contributed by atoms with Gasteiger partial charge in [-0.3, -0.25) is 4.79 Å². The molecule has 2 aromatic carbocycles. The Morgan fingerprint density at radius 3 is 2.63 bits per heavy atom. The van der Waals surface area contributed by atoms with Crippen LogP contribution in [-0.2, 0) is 16.1 Å². The highest BCUT2D eigenvalue weighted by Crippen LogP contribution is 2.11. The van der Waals surface area contributed by atoms with E-state index in [2.05, 4.69) is 5.32 Å². The van der Waals surface area contributed by atoms with E-state index in [4.69, 9.17) is 9.47 Å². The van der Waals surface area contributed by atoms with Crippen molar-refractivity contribution in [2.45, 2.75) is 12.7 Å². The van der Waals surface area contributed by atoms with Crippen molar-refractivity contribution in [3.8, 4) is 5.75 Å². The van der Waals surface area contributed by atoms with Crippen LogP contribution in [0.5, 0.6) is 5.75 Å². The van der Waals surface area contributed by atoms with Gasteiger partial charge < -0.3 is 24.8 Å². The van der Waals surface area contributed by atoms with E-state index in [1.807, 2.05) is 30.3 Å². The van der Waals surface area contributed by atoms with Gasteiger partial charge in [0.1, 0.15) is 12.4 Å².